The van der Waals surface area contributed by atoms with Gasteiger partial charge in [0.25, 0.3) is 11.8 Å². The summed E-state index contributed by atoms with van der Waals surface area (Å²) >= 11 is 0. The molecule has 0 aromatic carbocycles. The SMILES string of the molecule is O=C(NCc1ccco1)c1cnc(N2CCN(C(=O)c3ccco3)CC2)cn1. The summed E-state index contributed by atoms with van der Waals surface area (Å²) in [6, 6.07) is 6.91. The lowest BCUT2D eigenvalue weighted by atomic mass is 10.3. The minimum absolute atomic E-state index is 0.112. The third kappa shape index (κ3) is 3.88. The Bertz CT molecular complexity index is 914. The molecule has 9 heteroatoms. The molecule has 0 bridgehead atoms. The lowest BCUT2D eigenvalue weighted by molar-refractivity contribution is 0.0714. The molecule has 1 aliphatic heterocycles. The minimum atomic E-state index is -0.315. The molecule has 0 spiro atoms. The molecule has 2 amide bonds. The summed E-state index contributed by atoms with van der Waals surface area (Å²) in [5, 5.41) is 2.73. The molecule has 1 fully saturated rings. The largest absolute Gasteiger partial charge is 0.467 e. The predicted octanol–water partition coefficient (Wildman–Crippen LogP) is 1.56. The van der Waals surface area contributed by atoms with Gasteiger partial charge in [-0.25, -0.2) is 9.97 Å². The summed E-state index contributed by atoms with van der Waals surface area (Å²) in [5.74, 6) is 1.26. The second kappa shape index (κ2) is 7.95. The Balaban J connectivity index is 1.31. The first-order valence-corrected chi connectivity index (χ1v) is 8.91. The van der Waals surface area contributed by atoms with Gasteiger partial charge in [-0.1, -0.05) is 0 Å². The molecule has 9 nitrogen and oxygen atoms in total. The molecule has 144 valence electrons. The van der Waals surface area contributed by atoms with E-state index in [2.05, 4.69) is 15.3 Å². The Labute approximate surface area is 161 Å². The van der Waals surface area contributed by atoms with Crippen molar-refractivity contribution in [3.05, 3.63) is 66.4 Å². The first kappa shape index (κ1) is 17.8. The Morgan fingerprint density at radius 2 is 1.79 bits per heavy atom. The Kier molecular flexibility index (Phi) is 5.05. The third-order valence-electron chi connectivity index (χ3n) is 4.50. The van der Waals surface area contributed by atoms with Crippen molar-refractivity contribution in [1.82, 2.24) is 20.2 Å². The summed E-state index contributed by atoms with van der Waals surface area (Å²) in [5.41, 5.74) is 0.238. The summed E-state index contributed by atoms with van der Waals surface area (Å²) in [4.78, 5) is 36.8. The number of carbonyl (C=O) groups is 2. The molecule has 0 unspecified atom stereocenters. The van der Waals surface area contributed by atoms with Gasteiger partial charge in [0.1, 0.15) is 17.3 Å². The molecule has 0 radical (unpaired) electrons. The van der Waals surface area contributed by atoms with Gasteiger partial charge in [0.15, 0.2) is 5.76 Å². The molecule has 0 aliphatic carbocycles. The van der Waals surface area contributed by atoms with E-state index in [1.807, 2.05) is 4.90 Å². The topological polar surface area (TPSA) is 105 Å². The normalized spacial score (nSPS) is 14.1. The van der Waals surface area contributed by atoms with Gasteiger partial charge in [-0.15, -0.1) is 0 Å². The van der Waals surface area contributed by atoms with Gasteiger partial charge in [0, 0.05) is 26.2 Å². The fourth-order valence-electron chi connectivity index (χ4n) is 2.97. The van der Waals surface area contributed by atoms with Crippen LogP contribution >= 0.6 is 0 Å². The van der Waals surface area contributed by atoms with Crippen molar-refractivity contribution < 1.29 is 18.4 Å². The van der Waals surface area contributed by atoms with Gasteiger partial charge in [-0.05, 0) is 24.3 Å². The maximum absolute atomic E-state index is 12.3. The molecule has 3 aromatic heterocycles. The van der Waals surface area contributed by atoms with E-state index in [-0.39, 0.29) is 17.5 Å². The van der Waals surface area contributed by atoms with E-state index in [0.29, 0.717) is 50.1 Å². The molecule has 28 heavy (non-hydrogen) atoms. The van der Waals surface area contributed by atoms with Crippen LogP contribution in [-0.2, 0) is 6.54 Å². The van der Waals surface area contributed by atoms with Crippen LogP contribution < -0.4 is 10.2 Å². The van der Waals surface area contributed by atoms with Crippen LogP contribution in [0.4, 0.5) is 5.82 Å². The number of furan rings is 2. The van der Waals surface area contributed by atoms with Crippen molar-refractivity contribution in [2.24, 2.45) is 0 Å². The first-order valence-electron chi connectivity index (χ1n) is 8.91. The number of carbonyl (C=O) groups excluding carboxylic acids is 2. The van der Waals surface area contributed by atoms with E-state index in [9.17, 15) is 9.59 Å². The van der Waals surface area contributed by atoms with Crippen LogP contribution in [-0.4, -0.2) is 52.9 Å². The summed E-state index contributed by atoms with van der Waals surface area (Å²) in [7, 11) is 0. The van der Waals surface area contributed by atoms with Crippen LogP contribution in [0.1, 0.15) is 26.8 Å². The number of nitrogens with one attached hydrogen (secondary N) is 1. The Morgan fingerprint density at radius 1 is 1.00 bits per heavy atom. The van der Waals surface area contributed by atoms with Gasteiger partial charge in [0.05, 0.1) is 31.5 Å². The smallest absolute Gasteiger partial charge is 0.289 e. The monoisotopic (exact) mass is 381 g/mol. The number of anilines is 1. The second-order valence-electron chi connectivity index (χ2n) is 6.28. The van der Waals surface area contributed by atoms with Crippen LogP contribution in [0.25, 0.3) is 0 Å². The van der Waals surface area contributed by atoms with Gasteiger partial charge in [-0.3, -0.25) is 9.59 Å². The molecule has 1 aliphatic rings. The maximum Gasteiger partial charge on any atom is 0.289 e. The molecule has 1 saturated heterocycles. The second-order valence-corrected chi connectivity index (χ2v) is 6.28. The molecule has 1 N–H and O–H groups in total. The minimum Gasteiger partial charge on any atom is -0.467 e. The fourth-order valence-corrected chi connectivity index (χ4v) is 2.97. The van der Waals surface area contributed by atoms with E-state index in [4.69, 9.17) is 8.83 Å². The fraction of sp³-hybridized carbons (Fsp3) is 0.263. The zero-order valence-electron chi connectivity index (χ0n) is 15.1. The van der Waals surface area contributed by atoms with Crippen LogP contribution in [0, 0.1) is 0 Å². The van der Waals surface area contributed by atoms with Crippen molar-refractivity contribution in [1.29, 1.82) is 0 Å². The Morgan fingerprint density at radius 3 is 2.43 bits per heavy atom. The number of piperazine rings is 1. The molecule has 3 aromatic rings. The van der Waals surface area contributed by atoms with Gasteiger partial charge < -0.3 is 24.0 Å². The zero-order chi connectivity index (χ0) is 19.3. The lowest BCUT2D eigenvalue weighted by Gasteiger charge is -2.34. The summed E-state index contributed by atoms with van der Waals surface area (Å²) in [6.45, 7) is 2.68. The average molecular weight is 381 g/mol. The van der Waals surface area contributed by atoms with Gasteiger partial charge in [0.2, 0.25) is 0 Å². The first-order chi connectivity index (χ1) is 13.7. The van der Waals surface area contributed by atoms with Crippen LogP contribution in [0.3, 0.4) is 0 Å². The van der Waals surface area contributed by atoms with Crippen LogP contribution in [0.2, 0.25) is 0 Å². The van der Waals surface area contributed by atoms with Crippen molar-refractivity contribution in [3.63, 3.8) is 0 Å². The predicted molar refractivity (Wildman–Crippen MR) is 98.7 cm³/mol. The van der Waals surface area contributed by atoms with Crippen molar-refractivity contribution >= 4 is 17.6 Å². The summed E-state index contributed by atoms with van der Waals surface area (Å²) in [6.07, 6.45) is 6.07. The van der Waals surface area contributed by atoms with Gasteiger partial charge >= 0.3 is 0 Å². The van der Waals surface area contributed by atoms with E-state index in [1.54, 1.807) is 41.6 Å². The molecule has 0 atom stereocenters. The third-order valence-corrected chi connectivity index (χ3v) is 4.50. The van der Waals surface area contributed by atoms with Crippen molar-refractivity contribution in [2.75, 3.05) is 31.1 Å². The van der Waals surface area contributed by atoms with E-state index < -0.39 is 0 Å². The molecular formula is C19H19N5O4. The quantitative estimate of drug-likeness (QED) is 0.715. The molecule has 4 heterocycles. The van der Waals surface area contributed by atoms with Crippen molar-refractivity contribution in [3.8, 4) is 0 Å². The van der Waals surface area contributed by atoms with Crippen LogP contribution in [0.5, 0.6) is 0 Å². The van der Waals surface area contributed by atoms with E-state index in [0.717, 1.165) is 0 Å². The highest BCUT2D eigenvalue weighted by Gasteiger charge is 2.24. The number of hydrogen-bond acceptors (Lipinski definition) is 7. The lowest BCUT2D eigenvalue weighted by Crippen LogP contribution is -2.49. The molecule has 4 rings (SSSR count). The van der Waals surface area contributed by atoms with Crippen LogP contribution in [0.15, 0.2) is 58.0 Å². The van der Waals surface area contributed by atoms with E-state index in [1.165, 1.54) is 12.5 Å². The number of rotatable bonds is 5. The number of aromatic nitrogens is 2. The van der Waals surface area contributed by atoms with Gasteiger partial charge in [-0.2, -0.15) is 0 Å². The Hall–Kier alpha value is -3.62. The molecule has 0 saturated carbocycles. The highest BCUT2D eigenvalue weighted by atomic mass is 16.3. The highest BCUT2D eigenvalue weighted by molar-refractivity contribution is 5.92. The number of hydrogen-bond donors (Lipinski definition) is 1. The average Bonchev–Trinajstić information content (AvgIpc) is 3.46. The molecular weight excluding hydrogens is 362 g/mol. The number of nitrogens with zero attached hydrogens (tertiary/aromatic N) is 4. The number of amides is 2. The highest BCUT2D eigenvalue weighted by Crippen LogP contribution is 2.15. The standard InChI is InChI=1S/C19H19N5O4/c25-18(22-11-14-3-1-9-27-14)15-12-21-17(13-20-15)23-5-7-24(8-6-23)19(26)16-4-2-10-28-16/h1-4,9-10,12-13H,5-8,11H2,(H,22,25). The van der Waals surface area contributed by atoms with Crippen molar-refractivity contribution in [2.45, 2.75) is 6.54 Å². The summed E-state index contributed by atoms with van der Waals surface area (Å²) < 4.78 is 10.3. The zero-order valence-corrected chi connectivity index (χ0v) is 15.1. The maximum atomic E-state index is 12.3. The van der Waals surface area contributed by atoms with E-state index >= 15 is 0 Å².